The fourth-order valence-corrected chi connectivity index (χ4v) is 5.55. The van der Waals surface area contributed by atoms with Crippen molar-refractivity contribution in [1.82, 2.24) is 0 Å². The van der Waals surface area contributed by atoms with E-state index in [1.165, 1.54) is 7.11 Å². The number of carbonyl (C=O) groups excluding carboxylic acids is 2. The Morgan fingerprint density at radius 3 is 1.83 bits per heavy atom. The van der Waals surface area contributed by atoms with Gasteiger partial charge in [-0.05, 0) is 67.9 Å². The number of hydrogen-bond acceptors (Lipinski definition) is 5. The molecule has 3 aromatic carbocycles. The van der Waals surface area contributed by atoms with Crippen molar-refractivity contribution in [3.8, 4) is 11.5 Å². The third-order valence-corrected chi connectivity index (χ3v) is 7.83. The number of aliphatic carboxylic acids is 1. The molecule has 0 spiro atoms. The number of carbonyl (C=O) groups is 3. The summed E-state index contributed by atoms with van der Waals surface area (Å²) in [6.45, 7) is 0.393. The van der Waals surface area contributed by atoms with Crippen LogP contribution < -0.4 is 14.4 Å². The zero-order valence-electron chi connectivity index (χ0n) is 27.2. The molecule has 7 nitrogen and oxygen atoms in total. The number of ether oxygens (including phenoxy) is 2. The van der Waals surface area contributed by atoms with Crippen LogP contribution in [0.2, 0.25) is 0 Å². The molecule has 0 fully saturated rings. The molecule has 0 saturated heterocycles. The maximum Gasteiger partial charge on any atom is 0.303 e. The summed E-state index contributed by atoms with van der Waals surface area (Å²) in [6, 6.07) is 11.5. The predicted molar refractivity (Wildman–Crippen MR) is 191 cm³/mol. The Balaban J connectivity index is 1.24. The molecule has 0 atom stereocenters. The molecular formula is C40H43NO6. The van der Waals surface area contributed by atoms with Crippen LogP contribution in [0.5, 0.6) is 11.5 Å². The van der Waals surface area contributed by atoms with Crippen molar-refractivity contribution in [2.45, 2.75) is 51.4 Å². The minimum absolute atomic E-state index is 0.179. The molecule has 1 amide bonds. The van der Waals surface area contributed by atoms with E-state index >= 15 is 0 Å². The molecule has 47 heavy (non-hydrogen) atoms. The van der Waals surface area contributed by atoms with E-state index in [0.29, 0.717) is 47.5 Å². The van der Waals surface area contributed by atoms with Gasteiger partial charge in [-0.3, -0.25) is 14.4 Å². The van der Waals surface area contributed by atoms with Gasteiger partial charge in [0, 0.05) is 29.3 Å². The molecule has 1 heterocycles. The molecule has 0 radical (unpaired) electrons. The normalized spacial score (nSPS) is 13.8. The highest BCUT2D eigenvalue weighted by Crippen LogP contribution is 2.47. The number of rotatable bonds is 18. The number of Topliss-reactive ketones (excluding diaryl/α,β-unsaturated/α-hetero) is 1. The second kappa shape index (κ2) is 18.1. The Morgan fingerprint density at radius 2 is 1.28 bits per heavy atom. The number of ketones is 1. The van der Waals surface area contributed by atoms with E-state index in [1.807, 2.05) is 42.5 Å². The molecule has 1 aliphatic rings. The highest BCUT2D eigenvalue weighted by atomic mass is 16.5. The molecule has 0 aromatic heterocycles. The van der Waals surface area contributed by atoms with Crippen molar-refractivity contribution >= 4 is 44.9 Å². The molecular weight excluding hydrogens is 590 g/mol. The largest absolute Gasteiger partial charge is 0.493 e. The fraction of sp³-hybridized carbons (Fsp3) is 0.275. The number of amides is 1. The Bertz CT molecular complexity index is 1760. The van der Waals surface area contributed by atoms with Gasteiger partial charge in [0.15, 0.2) is 11.5 Å². The highest BCUT2D eigenvalue weighted by Gasteiger charge is 2.35. The molecule has 244 valence electrons. The van der Waals surface area contributed by atoms with Gasteiger partial charge in [0.05, 0.1) is 19.9 Å². The van der Waals surface area contributed by atoms with Gasteiger partial charge < -0.3 is 19.5 Å². The van der Waals surface area contributed by atoms with E-state index in [9.17, 15) is 14.4 Å². The number of fused-ring (bicyclic) bond motifs is 2. The molecule has 0 bridgehead atoms. The van der Waals surface area contributed by atoms with Gasteiger partial charge in [0.25, 0.3) is 11.7 Å². The van der Waals surface area contributed by atoms with Crippen molar-refractivity contribution in [2.24, 2.45) is 0 Å². The topological polar surface area (TPSA) is 93.1 Å². The summed E-state index contributed by atoms with van der Waals surface area (Å²) in [4.78, 5) is 38.7. The van der Waals surface area contributed by atoms with Gasteiger partial charge in [0.2, 0.25) is 0 Å². The van der Waals surface area contributed by atoms with Gasteiger partial charge >= 0.3 is 5.97 Å². The first-order valence-corrected chi connectivity index (χ1v) is 16.1. The van der Waals surface area contributed by atoms with E-state index in [1.54, 1.807) is 18.1 Å². The Kier molecular flexibility index (Phi) is 13.4. The van der Waals surface area contributed by atoms with Crippen molar-refractivity contribution in [2.75, 3.05) is 25.7 Å². The number of benzene rings is 3. The summed E-state index contributed by atoms with van der Waals surface area (Å²) in [5, 5.41) is 12.0. The fourth-order valence-electron chi connectivity index (χ4n) is 5.55. The zero-order valence-corrected chi connectivity index (χ0v) is 27.2. The third kappa shape index (κ3) is 9.19. The van der Waals surface area contributed by atoms with Crippen LogP contribution in [0.1, 0.15) is 61.7 Å². The van der Waals surface area contributed by atoms with E-state index in [2.05, 4.69) is 60.8 Å². The Morgan fingerprint density at radius 1 is 0.723 bits per heavy atom. The van der Waals surface area contributed by atoms with Crippen molar-refractivity contribution in [1.29, 1.82) is 0 Å². The zero-order chi connectivity index (χ0) is 33.4. The van der Waals surface area contributed by atoms with Gasteiger partial charge in [-0.1, -0.05) is 97.2 Å². The summed E-state index contributed by atoms with van der Waals surface area (Å²) in [6.07, 6.45) is 30.7. The third-order valence-electron chi connectivity index (χ3n) is 7.83. The molecule has 0 saturated carbocycles. The molecule has 0 unspecified atom stereocenters. The average molecular weight is 634 g/mol. The summed E-state index contributed by atoms with van der Waals surface area (Å²) in [5.74, 6) is -0.869. The molecule has 1 N–H and O–H groups in total. The maximum atomic E-state index is 13.3. The van der Waals surface area contributed by atoms with Crippen molar-refractivity contribution in [3.05, 3.63) is 115 Å². The van der Waals surface area contributed by atoms with Crippen LogP contribution in [0.25, 0.3) is 21.5 Å². The van der Waals surface area contributed by atoms with Crippen LogP contribution in [0, 0.1) is 0 Å². The monoisotopic (exact) mass is 633 g/mol. The van der Waals surface area contributed by atoms with Gasteiger partial charge in [-0.25, -0.2) is 0 Å². The highest BCUT2D eigenvalue weighted by molar-refractivity contribution is 6.53. The van der Waals surface area contributed by atoms with Crippen LogP contribution in [0.4, 0.5) is 5.69 Å². The molecule has 7 heteroatoms. The maximum absolute atomic E-state index is 13.3. The quantitative estimate of drug-likeness (QED) is 0.0853. The number of methoxy groups -OCH3 is 2. The number of hydrogen-bond donors (Lipinski definition) is 1. The van der Waals surface area contributed by atoms with E-state index in [0.717, 1.165) is 48.3 Å². The SMILES string of the molecule is COc1cc2c3c(cc4ccccc4c3c1OC)N(CC/C=C\C/C=C\C/C=C\C/C=C\C/C=C\C/C=C\CCC(=O)O)C(=O)C2=O. The molecule has 4 rings (SSSR count). The van der Waals surface area contributed by atoms with E-state index in [-0.39, 0.29) is 6.42 Å². The lowest BCUT2D eigenvalue weighted by Gasteiger charge is -2.30. The van der Waals surface area contributed by atoms with Crippen LogP contribution in [0.15, 0.2) is 109 Å². The first-order chi connectivity index (χ1) is 23.0. The van der Waals surface area contributed by atoms with E-state index < -0.39 is 17.7 Å². The number of anilines is 1. The summed E-state index contributed by atoms with van der Waals surface area (Å²) >= 11 is 0. The van der Waals surface area contributed by atoms with Crippen molar-refractivity contribution in [3.63, 3.8) is 0 Å². The average Bonchev–Trinajstić information content (AvgIpc) is 3.08. The summed E-state index contributed by atoms with van der Waals surface area (Å²) in [7, 11) is 3.11. The second-order valence-corrected chi connectivity index (χ2v) is 11.0. The summed E-state index contributed by atoms with van der Waals surface area (Å²) in [5.41, 5.74) is 1.06. The van der Waals surface area contributed by atoms with Crippen LogP contribution in [-0.4, -0.2) is 43.5 Å². The first-order valence-electron chi connectivity index (χ1n) is 16.1. The van der Waals surface area contributed by atoms with Gasteiger partial charge in [0.1, 0.15) is 0 Å². The van der Waals surface area contributed by atoms with Crippen molar-refractivity contribution < 1.29 is 29.0 Å². The standard InChI is InChI=1S/C40H43NO6/c1-46-34-29-32-36-33(28-30-24-21-22-25-31(30)37(36)39(34)47-2)41(40(45)38(32)44)27-23-19-17-15-13-11-9-7-5-3-4-6-8-10-12-14-16-18-20-26-35(42)43/h4-7,10-13,16-19,21-22,24-25,28-29H,3,8-9,14-15,20,23,26-27H2,1-2H3,(H,42,43)/b6-4-,7-5-,12-10-,13-11-,18-16-,19-17-. The Labute approximate surface area is 276 Å². The molecule has 3 aromatic rings. The summed E-state index contributed by atoms with van der Waals surface area (Å²) < 4.78 is 11.3. The predicted octanol–water partition coefficient (Wildman–Crippen LogP) is 9.08. The van der Waals surface area contributed by atoms with Gasteiger partial charge in [-0.15, -0.1) is 0 Å². The van der Waals surface area contributed by atoms with Gasteiger partial charge in [-0.2, -0.15) is 0 Å². The lowest BCUT2D eigenvalue weighted by molar-refractivity contribution is -0.136. The number of nitrogens with zero attached hydrogens (tertiary/aromatic N) is 1. The first kappa shape index (κ1) is 34.7. The van der Waals surface area contributed by atoms with Crippen LogP contribution >= 0.6 is 0 Å². The molecule has 0 aliphatic carbocycles. The lowest BCUT2D eigenvalue weighted by atomic mass is 9.90. The second-order valence-electron chi connectivity index (χ2n) is 11.0. The minimum Gasteiger partial charge on any atom is -0.493 e. The number of carboxylic acid groups (broad SMARTS) is 1. The number of allylic oxidation sites excluding steroid dienone is 11. The lowest BCUT2D eigenvalue weighted by Crippen LogP contribution is -2.40. The minimum atomic E-state index is -0.765. The van der Waals surface area contributed by atoms with Crippen LogP contribution in [0.3, 0.4) is 0 Å². The number of carboxylic acids is 1. The van der Waals surface area contributed by atoms with Crippen LogP contribution in [-0.2, 0) is 9.59 Å². The molecule has 1 aliphatic heterocycles. The Hall–Kier alpha value is -5.17. The smallest absolute Gasteiger partial charge is 0.303 e. The van der Waals surface area contributed by atoms with E-state index in [4.69, 9.17) is 14.6 Å².